The molecule has 0 aromatic carbocycles. The Morgan fingerprint density at radius 1 is 1.59 bits per heavy atom. The summed E-state index contributed by atoms with van der Waals surface area (Å²) < 4.78 is 0. The minimum atomic E-state index is 0.406. The Balaban J connectivity index is 2.22. The Bertz CT molecular complexity index is 375. The van der Waals surface area contributed by atoms with Crippen molar-refractivity contribution in [3.05, 3.63) is 10.6 Å². The van der Waals surface area contributed by atoms with Crippen molar-refractivity contribution >= 4 is 16.5 Å². The third-order valence-electron chi connectivity index (χ3n) is 3.74. The molecule has 3 nitrogen and oxygen atoms in total. The minimum absolute atomic E-state index is 0.406. The van der Waals surface area contributed by atoms with Crippen LogP contribution in [0, 0.1) is 6.92 Å². The van der Waals surface area contributed by atoms with Gasteiger partial charge in [0.1, 0.15) is 0 Å². The molecule has 1 aliphatic heterocycles. The highest BCUT2D eigenvalue weighted by molar-refractivity contribution is 7.15. The lowest BCUT2D eigenvalue weighted by Gasteiger charge is -2.22. The highest BCUT2D eigenvalue weighted by Gasteiger charge is 2.26. The van der Waals surface area contributed by atoms with Crippen molar-refractivity contribution < 1.29 is 0 Å². The van der Waals surface area contributed by atoms with Crippen LogP contribution < -0.4 is 10.2 Å². The van der Waals surface area contributed by atoms with Crippen LogP contribution >= 0.6 is 11.3 Å². The van der Waals surface area contributed by atoms with Gasteiger partial charge in [0, 0.05) is 23.5 Å². The second-order valence-electron chi connectivity index (χ2n) is 4.85. The summed E-state index contributed by atoms with van der Waals surface area (Å²) in [5, 5.41) is 4.53. The topological polar surface area (TPSA) is 28.2 Å². The molecule has 1 aromatic heterocycles. The molecular weight excluding hydrogens is 230 g/mol. The van der Waals surface area contributed by atoms with Crippen molar-refractivity contribution in [1.82, 2.24) is 10.3 Å². The SMILES string of the molecule is CCC1CCCN1c1nc(C)c(C(C)NC)s1. The third-order valence-corrected chi connectivity index (χ3v) is 5.12. The molecule has 1 aromatic rings. The average molecular weight is 253 g/mol. The van der Waals surface area contributed by atoms with Gasteiger partial charge in [-0.1, -0.05) is 6.92 Å². The fourth-order valence-corrected chi connectivity index (χ4v) is 3.79. The molecule has 4 heteroatoms. The second kappa shape index (κ2) is 5.36. The lowest BCUT2D eigenvalue weighted by atomic mass is 10.2. The van der Waals surface area contributed by atoms with Gasteiger partial charge in [-0.2, -0.15) is 0 Å². The van der Waals surface area contributed by atoms with Gasteiger partial charge in [-0.25, -0.2) is 4.98 Å². The van der Waals surface area contributed by atoms with Crippen LogP contribution in [0.5, 0.6) is 0 Å². The molecule has 1 saturated heterocycles. The fourth-order valence-electron chi connectivity index (χ4n) is 2.56. The van der Waals surface area contributed by atoms with Gasteiger partial charge in [0.25, 0.3) is 0 Å². The summed E-state index contributed by atoms with van der Waals surface area (Å²) in [6, 6.07) is 1.11. The van der Waals surface area contributed by atoms with E-state index < -0.39 is 0 Å². The van der Waals surface area contributed by atoms with Crippen LogP contribution in [0.15, 0.2) is 0 Å². The fraction of sp³-hybridized carbons (Fsp3) is 0.769. The van der Waals surface area contributed by atoms with Crippen LogP contribution in [0.1, 0.15) is 49.7 Å². The van der Waals surface area contributed by atoms with Crippen molar-refractivity contribution in [2.75, 3.05) is 18.5 Å². The maximum absolute atomic E-state index is 4.76. The van der Waals surface area contributed by atoms with Gasteiger partial charge in [0.2, 0.25) is 0 Å². The van der Waals surface area contributed by atoms with Gasteiger partial charge in [-0.05, 0) is 40.2 Å². The van der Waals surface area contributed by atoms with Crippen molar-refractivity contribution in [1.29, 1.82) is 0 Å². The summed E-state index contributed by atoms with van der Waals surface area (Å²) in [6.07, 6.45) is 3.87. The van der Waals surface area contributed by atoms with E-state index >= 15 is 0 Å². The van der Waals surface area contributed by atoms with Crippen LogP contribution in [0.4, 0.5) is 5.13 Å². The van der Waals surface area contributed by atoms with E-state index in [2.05, 4.69) is 31.0 Å². The van der Waals surface area contributed by atoms with E-state index in [-0.39, 0.29) is 0 Å². The molecule has 0 bridgehead atoms. The second-order valence-corrected chi connectivity index (χ2v) is 5.86. The third kappa shape index (κ3) is 2.47. The predicted octanol–water partition coefficient (Wildman–Crippen LogP) is 3.11. The van der Waals surface area contributed by atoms with Crippen LogP contribution in [-0.2, 0) is 0 Å². The molecule has 17 heavy (non-hydrogen) atoms. The standard InChI is InChI=1S/C13H23N3S/c1-5-11-7-6-8-16(11)13-15-10(3)12(17-13)9(2)14-4/h9,11,14H,5-8H2,1-4H3. The number of hydrogen-bond acceptors (Lipinski definition) is 4. The summed E-state index contributed by atoms with van der Waals surface area (Å²) >= 11 is 1.86. The zero-order valence-corrected chi connectivity index (χ0v) is 12.1. The molecule has 1 N–H and O–H groups in total. The van der Waals surface area contributed by atoms with E-state index in [4.69, 9.17) is 4.98 Å². The van der Waals surface area contributed by atoms with E-state index in [0.29, 0.717) is 12.1 Å². The van der Waals surface area contributed by atoms with Crippen molar-refractivity contribution in [2.45, 2.75) is 52.1 Å². The normalized spacial score (nSPS) is 22.1. The summed E-state index contributed by atoms with van der Waals surface area (Å²) in [6.45, 7) is 7.78. The Labute approximate surface area is 108 Å². The van der Waals surface area contributed by atoms with Crippen LogP contribution in [0.25, 0.3) is 0 Å². The first kappa shape index (κ1) is 12.8. The molecule has 2 unspecified atom stereocenters. The largest absolute Gasteiger partial charge is 0.345 e. The minimum Gasteiger partial charge on any atom is -0.345 e. The molecule has 0 spiro atoms. The lowest BCUT2D eigenvalue weighted by Crippen LogP contribution is -2.28. The zero-order chi connectivity index (χ0) is 12.4. The Hall–Kier alpha value is -0.610. The number of nitrogens with zero attached hydrogens (tertiary/aromatic N) is 2. The van der Waals surface area contributed by atoms with E-state index in [1.807, 2.05) is 18.4 Å². The summed E-state index contributed by atoms with van der Waals surface area (Å²) in [5.41, 5.74) is 1.19. The lowest BCUT2D eigenvalue weighted by molar-refractivity contribution is 0.643. The maximum Gasteiger partial charge on any atom is 0.186 e. The maximum atomic E-state index is 4.76. The van der Waals surface area contributed by atoms with Gasteiger partial charge in [-0.3, -0.25) is 0 Å². The Kier molecular flexibility index (Phi) is 4.05. The molecule has 1 fully saturated rings. The van der Waals surface area contributed by atoms with Gasteiger partial charge in [0.15, 0.2) is 5.13 Å². The first-order valence-corrected chi connectivity index (χ1v) is 7.40. The van der Waals surface area contributed by atoms with E-state index in [1.165, 1.54) is 41.5 Å². The molecule has 2 heterocycles. The van der Waals surface area contributed by atoms with Crippen LogP contribution in [-0.4, -0.2) is 24.6 Å². The molecule has 96 valence electrons. The molecule has 1 aliphatic rings. The molecule has 0 amide bonds. The molecule has 0 radical (unpaired) electrons. The number of thiazole rings is 1. The monoisotopic (exact) mass is 253 g/mol. The van der Waals surface area contributed by atoms with E-state index in [1.54, 1.807) is 0 Å². The van der Waals surface area contributed by atoms with Crippen molar-refractivity contribution in [3.8, 4) is 0 Å². The highest BCUT2D eigenvalue weighted by Crippen LogP contribution is 2.34. The van der Waals surface area contributed by atoms with Crippen molar-refractivity contribution in [2.24, 2.45) is 0 Å². The van der Waals surface area contributed by atoms with Gasteiger partial charge >= 0.3 is 0 Å². The molecule has 2 atom stereocenters. The Morgan fingerprint density at radius 3 is 3.00 bits per heavy atom. The first-order chi connectivity index (χ1) is 8.17. The number of anilines is 1. The smallest absolute Gasteiger partial charge is 0.186 e. The average Bonchev–Trinajstić information content (AvgIpc) is 2.93. The summed E-state index contributed by atoms with van der Waals surface area (Å²) in [7, 11) is 2.01. The number of aryl methyl sites for hydroxylation is 1. The van der Waals surface area contributed by atoms with Crippen LogP contribution in [0.2, 0.25) is 0 Å². The number of nitrogens with one attached hydrogen (secondary N) is 1. The quantitative estimate of drug-likeness (QED) is 0.893. The summed E-state index contributed by atoms with van der Waals surface area (Å²) in [4.78, 5) is 8.65. The molecule has 0 saturated carbocycles. The highest BCUT2D eigenvalue weighted by atomic mass is 32.1. The van der Waals surface area contributed by atoms with E-state index in [9.17, 15) is 0 Å². The first-order valence-electron chi connectivity index (χ1n) is 6.58. The molecular formula is C13H23N3S. The molecule has 0 aliphatic carbocycles. The van der Waals surface area contributed by atoms with Gasteiger partial charge in [-0.15, -0.1) is 11.3 Å². The summed E-state index contributed by atoms with van der Waals surface area (Å²) in [5.74, 6) is 0. The number of hydrogen-bond donors (Lipinski definition) is 1. The molecule has 2 rings (SSSR count). The Morgan fingerprint density at radius 2 is 2.35 bits per heavy atom. The van der Waals surface area contributed by atoms with Gasteiger partial charge in [0.05, 0.1) is 5.69 Å². The van der Waals surface area contributed by atoms with Crippen molar-refractivity contribution in [3.63, 3.8) is 0 Å². The van der Waals surface area contributed by atoms with E-state index in [0.717, 1.165) is 0 Å². The number of rotatable bonds is 4. The zero-order valence-electron chi connectivity index (χ0n) is 11.3. The van der Waals surface area contributed by atoms with Gasteiger partial charge < -0.3 is 10.2 Å². The predicted molar refractivity (Wildman–Crippen MR) is 75.0 cm³/mol. The van der Waals surface area contributed by atoms with Crippen LogP contribution in [0.3, 0.4) is 0 Å². The number of aromatic nitrogens is 1.